The molecule has 0 aliphatic carbocycles. The fraction of sp³-hybridized carbons (Fsp3) is 0.111. The van der Waals surface area contributed by atoms with Crippen molar-refractivity contribution < 1.29 is 17.6 Å². The molecule has 8 heteroatoms. The van der Waals surface area contributed by atoms with Crippen molar-refractivity contribution in [2.24, 2.45) is 0 Å². The molecule has 1 heterocycles. The lowest BCUT2D eigenvalue weighted by Gasteiger charge is -2.08. The minimum Gasteiger partial charge on any atom is -0.210 e. The number of halogens is 5. The molecule has 0 fully saturated rings. The van der Waals surface area contributed by atoms with E-state index in [0.29, 0.717) is 8.84 Å². The van der Waals surface area contributed by atoms with E-state index in [-0.39, 0.29) is 5.56 Å². The highest BCUT2D eigenvalue weighted by atomic mass is 127. The number of aromatic nitrogens is 2. The Labute approximate surface area is 111 Å². The summed E-state index contributed by atoms with van der Waals surface area (Å²) in [5.41, 5.74) is -1.08. The molecule has 0 aliphatic heterocycles. The maximum atomic E-state index is 13.0. The van der Waals surface area contributed by atoms with Gasteiger partial charge >= 0.3 is 6.18 Å². The van der Waals surface area contributed by atoms with Crippen molar-refractivity contribution in [2.75, 3.05) is 0 Å². The van der Waals surface area contributed by atoms with Crippen LogP contribution >= 0.6 is 34.1 Å². The molecule has 2 rings (SSSR count). The predicted molar refractivity (Wildman–Crippen MR) is 63.0 cm³/mol. The first kappa shape index (κ1) is 12.7. The minimum atomic E-state index is -4.71. The van der Waals surface area contributed by atoms with Crippen molar-refractivity contribution in [3.63, 3.8) is 0 Å². The summed E-state index contributed by atoms with van der Waals surface area (Å²) in [6.45, 7) is 0. The first-order valence-corrected chi connectivity index (χ1v) is 6.09. The standard InChI is InChI=1S/C9H3F4IN2S/c10-6-2-1-4(3-5(6)9(11,12)13)7-15-8(14)16-17-7/h1-3H. The molecule has 90 valence electrons. The third kappa shape index (κ3) is 2.73. The fourth-order valence-corrected chi connectivity index (χ4v) is 2.46. The molecule has 0 unspecified atom stereocenters. The summed E-state index contributed by atoms with van der Waals surface area (Å²) in [6.07, 6.45) is -4.71. The fourth-order valence-electron chi connectivity index (χ4n) is 1.20. The van der Waals surface area contributed by atoms with E-state index in [1.54, 1.807) is 0 Å². The van der Waals surface area contributed by atoms with E-state index < -0.39 is 17.6 Å². The van der Waals surface area contributed by atoms with Gasteiger partial charge in [-0.25, -0.2) is 9.37 Å². The lowest BCUT2D eigenvalue weighted by atomic mass is 10.1. The molecule has 1 aromatic heterocycles. The quantitative estimate of drug-likeness (QED) is 0.558. The first-order chi connectivity index (χ1) is 7.88. The average Bonchev–Trinajstić information content (AvgIpc) is 2.64. The second kappa shape index (κ2) is 4.48. The van der Waals surface area contributed by atoms with Gasteiger partial charge in [0.15, 0.2) is 0 Å². The van der Waals surface area contributed by atoms with Crippen molar-refractivity contribution in [3.8, 4) is 10.6 Å². The Morgan fingerprint density at radius 2 is 1.94 bits per heavy atom. The van der Waals surface area contributed by atoms with Crippen LogP contribution in [-0.2, 0) is 6.18 Å². The van der Waals surface area contributed by atoms with Crippen LogP contribution in [0.5, 0.6) is 0 Å². The number of nitrogens with zero attached hydrogens (tertiary/aromatic N) is 2. The van der Waals surface area contributed by atoms with Crippen molar-refractivity contribution in [2.45, 2.75) is 6.18 Å². The Balaban J connectivity index is 2.51. The number of rotatable bonds is 1. The summed E-state index contributed by atoms with van der Waals surface area (Å²) in [5, 5.41) is 0.333. The molecule has 2 nitrogen and oxygen atoms in total. The highest BCUT2D eigenvalue weighted by Gasteiger charge is 2.34. The summed E-state index contributed by atoms with van der Waals surface area (Å²) >= 11 is 2.82. The minimum absolute atomic E-state index is 0.208. The second-order valence-corrected chi connectivity index (χ2v) is 4.78. The van der Waals surface area contributed by atoms with Gasteiger partial charge in [0.1, 0.15) is 10.8 Å². The van der Waals surface area contributed by atoms with Gasteiger partial charge < -0.3 is 0 Å². The summed E-state index contributed by atoms with van der Waals surface area (Å²) in [6, 6.07) is 2.78. The van der Waals surface area contributed by atoms with E-state index in [1.807, 2.05) is 22.6 Å². The summed E-state index contributed by atoms with van der Waals surface area (Å²) in [4.78, 5) is 3.94. The van der Waals surface area contributed by atoms with E-state index in [1.165, 1.54) is 6.07 Å². The van der Waals surface area contributed by atoms with Gasteiger partial charge in [0.2, 0.25) is 3.83 Å². The van der Waals surface area contributed by atoms with Crippen LogP contribution in [0.1, 0.15) is 5.56 Å². The van der Waals surface area contributed by atoms with Gasteiger partial charge in [0, 0.05) is 28.2 Å². The van der Waals surface area contributed by atoms with Gasteiger partial charge in [-0.05, 0) is 29.7 Å². The molecule has 0 bridgehead atoms. The Bertz CT molecular complexity index is 552. The van der Waals surface area contributed by atoms with Crippen LogP contribution in [0.2, 0.25) is 0 Å². The Kier molecular flexibility index (Phi) is 3.34. The lowest BCUT2D eigenvalue weighted by Crippen LogP contribution is -2.08. The maximum absolute atomic E-state index is 13.0. The highest BCUT2D eigenvalue weighted by Crippen LogP contribution is 2.34. The molecule has 0 N–H and O–H groups in total. The first-order valence-electron chi connectivity index (χ1n) is 4.24. The normalized spacial score (nSPS) is 11.8. The Hall–Kier alpha value is -0.770. The molecule has 1 aromatic carbocycles. The molecular weight excluding hydrogens is 371 g/mol. The van der Waals surface area contributed by atoms with E-state index in [2.05, 4.69) is 9.36 Å². The van der Waals surface area contributed by atoms with Crippen LogP contribution in [-0.4, -0.2) is 9.36 Å². The molecule has 2 aromatic rings. The molecule has 0 aliphatic rings. The van der Waals surface area contributed by atoms with Crippen molar-refractivity contribution >= 4 is 34.1 Å². The smallest absolute Gasteiger partial charge is 0.210 e. The molecule has 0 saturated carbocycles. The monoisotopic (exact) mass is 374 g/mol. The van der Waals surface area contributed by atoms with Gasteiger partial charge in [-0.2, -0.15) is 17.5 Å². The molecule has 0 radical (unpaired) electrons. The zero-order valence-electron chi connectivity index (χ0n) is 7.92. The number of hydrogen-bond acceptors (Lipinski definition) is 3. The summed E-state index contributed by atoms with van der Waals surface area (Å²) in [7, 11) is 0. The molecule has 0 spiro atoms. The zero-order chi connectivity index (χ0) is 12.6. The van der Waals surface area contributed by atoms with E-state index in [9.17, 15) is 17.6 Å². The van der Waals surface area contributed by atoms with Crippen LogP contribution in [0.4, 0.5) is 17.6 Å². The van der Waals surface area contributed by atoms with E-state index in [0.717, 1.165) is 23.7 Å². The molecule has 0 amide bonds. The van der Waals surface area contributed by atoms with Crippen LogP contribution in [0, 0.1) is 9.65 Å². The second-order valence-electron chi connectivity index (χ2n) is 3.06. The zero-order valence-corrected chi connectivity index (χ0v) is 10.9. The van der Waals surface area contributed by atoms with Crippen LogP contribution < -0.4 is 0 Å². The van der Waals surface area contributed by atoms with Crippen molar-refractivity contribution in [1.82, 2.24) is 9.36 Å². The molecular formula is C9H3F4IN2S. The van der Waals surface area contributed by atoms with Crippen LogP contribution in [0.3, 0.4) is 0 Å². The molecule has 17 heavy (non-hydrogen) atoms. The van der Waals surface area contributed by atoms with Crippen LogP contribution in [0.15, 0.2) is 18.2 Å². The number of alkyl halides is 3. The molecule has 0 saturated heterocycles. The van der Waals surface area contributed by atoms with Crippen LogP contribution in [0.25, 0.3) is 10.6 Å². The topological polar surface area (TPSA) is 25.8 Å². The van der Waals surface area contributed by atoms with E-state index >= 15 is 0 Å². The number of hydrogen-bond donors (Lipinski definition) is 0. The predicted octanol–water partition coefficient (Wildman–Crippen LogP) is 3.97. The Morgan fingerprint density at radius 1 is 1.24 bits per heavy atom. The number of benzene rings is 1. The third-order valence-electron chi connectivity index (χ3n) is 1.92. The van der Waals surface area contributed by atoms with Gasteiger partial charge in [-0.1, -0.05) is 0 Å². The van der Waals surface area contributed by atoms with Gasteiger partial charge in [-0.3, -0.25) is 0 Å². The van der Waals surface area contributed by atoms with Gasteiger partial charge in [0.25, 0.3) is 0 Å². The lowest BCUT2D eigenvalue weighted by molar-refractivity contribution is -0.139. The van der Waals surface area contributed by atoms with E-state index in [4.69, 9.17) is 0 Å². The maximum Gasteiger partial charge on any atom is 0.419 e. The summed E-state index contributed by atoms with van der Waals surface area (Å²) in [5.74, 6) is -1.29. The van der Waals surface area contributed by atoms with Gasteiger partial charge in [0.05, 0.1) is 5.56 Å². The van der Waals surface area contributed by atoms with Gasteiger partial charge in [-0.15, -0.1) is 0 Å². The molecule has 0 atom stereocenters. The summed E-state index contributed by atoms with van der Waals surface area (Å²) < 4.78 is 54.8. The SMILES string of the molecule is Fc1ccc(-c2nc(I)ns2)cc1C(F)(F)F. The van der Waals surface area contributed by atoms with Crippen molar-refractivity contribution in [3.05, 3.63) is 33.4 Å². The average molecular weight is 374 g/mol. The Morgan fingerprint density at radius 3 is 2.47 bits per heavy atom. The van der Waals surface area contributed by atoms with Crippen molar-refractivity contribution in [1.29, 1.82) is 0 Å². The highest BCUT2D eigenvalue weighted by molar-refractivity contribution is 14.1. The largest absolute Gasteiger partial charge is 0.419 e. The third-order valence-corrected chi connectivity index (χ3v) is 3.49.